The van der Waals surface area contributed by atoms with Gasteiger partial charge in [0, 0.05) is 20.1 Å². The molecule has 10 heteroatoms. The van der Waals surface area contributed by atoms with Crippen molar-refractivity contribution in [3.05, 3.63) is 76.7 Å². The Hall–Kier alpha value is -3.76. The summed E-state index contributed by atoms with van der Waals surface area (Å²) in [5, 5.41) is 1.34. The van der Waals surface area contributed by atoms with Crippen LogP contribution in [0.1, 0.15) is 11.4 Å². The van der Waals surface area contributed by atoms with Crippen molar-refractivity contribution in [2.24, 2.45) is 0 Å². The number of benzene rings is 2. The highest BCUT2D eigenvalue weighted by Gasteiger charge is 2.19. The lowest BCUT2D eigenvalue weighted by Gasteiger charge is -2.25. The first kappa shape index (κ1) is 24.0. The van der Waals surface area contributed by atoms with Gasteiger partial charge in [0.1, 0.15) is 17.7 Å². The maximum atomic E-state index is 14.0. The van der Waals surface area contributed by atoms with Crippen LogP contribution in [0, 0.1) is 6.92 Å². The predicted octanol–water partition coefficient (Wildman–Crippen LogP) is 3.65. The minimum Gasteiger partial charge on any atom is -0.372 e. The standard InChI is InChI=1S/C26H28N8OS/c1-17-8-7-9-18-23(17)25(35)34(21-11-6-5-10-20(21)33(4)13-12-32(2)3)22(29-18)15-36-26-30-19-14-27-16-28-24(19)31-26/h5-11,14,16H,12-13,15H2,1-4H3,(H,27,28,30,31). The zero-order valence-electron chi connectivity index (χ0n) is 20.8. The molecule has 184 valence electrons. The summed E-state index contributed by atoms with van der Waals surface area (Å²) in [7, 11) is 6.16. The van der Waals surface area contributed by atoms with Gasteiger partial charge in [-0.15, -0.1) is 0 Å². The fourth-order valence-corrected chi connectivity index (χ4v) is 4.97. The Morgan fingerprint density at radius 3 is 2.67 bits per heavy atom. The maximum absolute atomic E-state index is 14.0. The molecule has 0 bridgehead atoms. The molecule has 0 saturated heterocycles. The van der Waals surface area contributed by atoms with Crippen LogP contribution < -0.4 is 10.5 Å². The molecule has 0 saturated carbocycles. The van der Waals surface area contributed by atoms with E-state index in [1.807, 2.05) is 49.4 Å². The van der Waals surface area contributed by atoms with Crippen LogP contribution in [0.4, 0.5) is 5.69 Å². The van der Waals surface area contributed by atoms with E-state index in [4.69, 9.17) is 4.98 Å². The average molecular weight is 501 g/mol. The minimum atomic E-state index is -0.0716. The van der Waals surface area contributed by atoms with Crippen LogP contribution in [-0.2, 0) is 5.75 Å². The van der Waals surface area contributed by atoms with Crippen molar-refractivity contribution < 1.29 is 0 Å². The molecule has 5 rings (SSSR count). The van der Waals surface area contributed by atoms with Crippen LogP contribution in [0.5, 0.6) is 0 Å². The summed E-state index contributed by atoms with van der Waals surface area (Å²) in [6.45, 7) is 3.67. The molecular formula is C26H28N8OS. The Morgan fingerprint density at radius 1 is 1.03 bits per heavy atom. The van der Waals surface area contributed by atoms with Gasteiger partial charge in [0.15, 0.2) is 10.8 Å². The second-order valence-corrected chi connectivity index (χ2v) is 9.91. The molecule has 0 aliphatic carbocycles. The number of fused-ring (bicyclic) bond motifs is 2. The van der Waals surface area contributed by atoms with Gasteiger partial charge in [0.25, 0.3) is 5.56 Å². The summed E-state index contributed by atoms with van der Waals surface area (Å²) >= 11 is 1.48. The highest BCUT2D eigenvalue weighted by molar-refractivity contribution is 7.98. The summed E-state index contributed by atoms with van der Waals surface area (Å²) < 4.78 is 1.76. The zero-order valence-corrected chi connectivity index (χ0v) is 21.6. The fraction of sp³-hybridized carbons (Fsp3) is 0.269. The molecule has 0 amide bonds. The number of H-pyrrole nitrogens is 1. The number of aromatic amines is 1. The number of para-hydroxylation sites is 2. The molecule has 36 heavy (non-hydrogen) atoms. The van der Waals surface area contributed by atoms with Crippen LogP contribution in [0.2, 0.25) is 0 Å². The molecule has 2 aromatic carbocycles. The lowest BCUT2D eigenvalue weighted by molar-refractivity contribution is 0.416. The molecule has 3 heterocycles. The van der Waals surface area contributed by atoms with E-state index in [9.17, 15) is 4.79 Å². The van der Waals surface area contributed by atoms with Gasteiger partial charge < -0.3 is 14.8 Å². The Kier molecular flexibility index (Phi) is 6.71. The van der Waals surface area contributed by atoms with Gasteiger partial charge in [-0.25, -0.2) is 19.9 Å². The first-order valence-electron chi connectivity index (χ1n) is 11.7. The number of likely N-dealkylation sites (N-methyl/N-ethyl adjacent to an activating group) is 2. The highest BCUT2D eigenvalue weighted by atomic mass is 32.2. The van der Waals surface area contributed by atoms with Gasteiger partial charge in [0.05, 0.1) is 34.2 Å². The third kappa shape index (κ3) is 4.69. The van der Waals surface area contributed by atoms with Crippen molar-refractivity contribution in [2.75, 3.05) is 39.1 Å². The monoisotopic (exact) mass is 500 g/mol. The number of thioether (sulfide) groups is 1. The Balaban J connectivity index is 1.62. The smallest absolute Gasteiger partial charge is 0.266 e. The number of nitrogens with zero attached hydrogens (tertiary/aromatic N) is 7. The summed E-state index contributed by atoms with van der Waals surface area (Å²) in [6.07, 6.45) is 3.18. The van der Waals surface area contributed by atoms with Gasteiger partial charge in [-0.1, -0.05) is 36.0 Å². The second kappa shape index (κ2) is 10.1. The van der Waals surface area contributed by atoms with E-state index < -0.39 is 0 Å². The number of nitrogens with one attached hydrogen (secondary N) is 1. The zero-order chi connectivity index (χ0) is 25.2. The lowest BCUT2D eigenvalue weighted by atomic mass is 10.1. The maximum Gasteiger partial charge on any atom is 0.266 e. The molecule has 5 aromatic rings. The number of aromatic nitrogens is 6. The Labute approximate surface area is 213 Å². The molecule has 9 nitrogen and oxygen atoms in total. The Morgan fingerprint density at radius 2 is 1.86 bits per heavy atom. The van der Waals surface area contributed by atoms with E-state index in [0.29, 0.717) is 33.3 Å². The molecule has 0 spiro atoms. The van der Waals surface area contributed by atoms with E-state index in [1.165, 1.54) is 18.1 Å². The van der Waals surface area contributed by atoms with E-state index in [1.54, 1.807) is 10.8 Å². The van der Waals surface area contributed by atoms with Crippen LogP contribution in [0.3, 0.4) is 0 Å². The van der Waals surface area contributed by atoms with E-state index >= 15 is 0 Å². The molecule has 0 unspecified atom stereocenters. The third-order valence-corrected chi connectivity index (χ3v) is 6.94. The summed E-state index contributed by atoms with van der Waals surface area (Å²) in [5.74, 6) is 1.10. The molecule has 0 aliphatic heterocycles. The SMILES string of the molecule is Cc1cccc2nc(CSc3nc4ncncc4[nH]3)n(-c3ccccc3N(C)CCN(C)C)c(=O)c12. The van der Waals surface area contributed by atoms with Crippen molar-refractivity contribution in [1.29, 1.82) is 0 Å². The van der Waals surface area contributed by atoms with Crippen molar-refractivity contribution in [2.45, 2.75) is 17.8 Å². The number of hydrogen-bond acceptors (Lipinski definition) is 8. The normalized spacial score (nSPS) is 11.6. The van der Waals surface area contributed by atoms with Crippen LogP contribution in [0.15, 0.2) is 64.9 Å². The molecule has 0 fully saturated rings. The van der Waals surface area contributed by atoms with E-state index in [0.717, 1.165) is 35.5 Å². The van der Waals surface area contributed by atoms with Crippen LogP contribution >= 0.6 is 11.8 Å². The molecule has 1 N–H and O–H groups in total. The largest absolute Gasteiger partial charge is 0.372 e. The minimum absolute atomic E-state index is 0.0716. The Bertz CT molecular complexity index is 1560. The first-order valence-corrected chi connectivity index (χ1v) is 12.7. The number of imidazole rings is 1. The summed E-state index contributed by atoms with van der Waals surface area (Å²) in [6, 6.07) is 13.8. The van der Waals surface area contributed by atoms with E-state index in [2.05, 4.69) is 50.9 Å². The number of hydrogen-bond donors (Lipinski definition) is 1. The topological polar surface area (TPSA) is 95.8 Å². The van der Waals surface area contributed by atoms with Crippen molar-refractivity contribution in [3.8, 4) is 5.69 Å². The number of anilines is 1. The van der Waals surface area contributed by atoms with Crippen molar-refractivity contribution in [1.82, 2.24) is 34.4 Å². The van der Waals surface area contributed by atoms with Gasteiger partial charge in [-0.2, -0.15) is 0 Å². The lowest BCUT2D eigenvalue weighted by Crippen LogP contribution is -2.31. The quantitative estimate of drug-likeness (QED) is 0.323. The molecule has 0 radical (unpaired) electrons. The molecule has 3 aromatic heterocycles. The summed E-state index contributed by atoms with van der Waals surface area (Å²) in [4.78, 5) is 39.3. The highest BCUT2D eigenvalue weighted by Crippen LogP contribution is 2.28. The van der Waals surface area contributed by atoms with Gasteiger partial charge in [-0.05, 0) is 44.8 Å². The first-order chi connectivity index (χ1) is 17.4. The molecule has 0 atom stereocenters. The van der Waals surface area contributed by atoms with Crippen LogP contribution in [0.25, 0.3) is 27.8 Å². The van der Waals surface area contributed by atoms with Crippen molar-refractivity contribution >= 4 is 39.5 Å². The third-order valence-electron chi connectivity index (χ3n) is 6.07. The molecular weight excluding hydrogens is 472 g/mol. The second-order valence-electron chi connectivity index (χ2n) is 8.94. The average Bonchev–Trinajstić information content (AvgIpc) is 3.29. The number of aryl methyl sites for hydroxylation is 1. The van der Waals surface area contributed by atoms with E-state index in [-0.39, 0.29) is 5.56 Å². The number of rotatable bonds is 8. The van der Waals surface area contributed by atoms with Gasteiger partial charge in [0.2, 0.25) is 0 Å². The summed E-state index contributed by atoms with van der Waals surface area (Å²) in [5.41, 5.74) is 4.70. The fourth-order valence-electron chi connectivity index (χ4n) is 4.17. The molecule has 0 aliphatic rings. The van der Waals surface area contributed by atoms with Crippen LogP contribution in [-0.4, -0.2) is 68.6 Å². The van der Waals surface area contributed by atoms with Crippen molar-refractivity contribution in [3.63, 3.8) is 0 Å². The van der Waals surface area contributed by atoms with Gasteiger partial charge >= 0.3 is 0 Å². The van der Waals surface area contributed by atoms with Gasteiger partial charge in [-0.3, -0.25) is 9.36 Å². The predicted molar refractivity (Wildman–Crippen MR) is 145 cm³/mol.